The van der Waals surface area contributed by atoms with Crippen LogP contribution in [0.3, 0.4) is 0 Å². The molecule has 0 amide bonds. The highest BCUT2D eigenvalue weighted by Gasteiger charge is 2.15. The van der Waals surface area contributed by atoms with Gasteiger partial charge in [0, 0.05) is 31.0 Å². The second kappa shape index (κ2) is 7.09. The number of nitrogens with zero attached hydrogens (tertiary/aromatic N) is 4. The van der Waals surface area contributed by atoms with Crippen LogP contribution in [0, 0.1) is 0 Å². The highest BCUT2D eigenvalue weighted by atomic mass is 16.5. The molecule has 0 unspecified atom stereocenters. The molecule has 2 N–H and O–H groups in total. The topological polar surface area (TPSA) is 77.2 Å². The number of likely N-dealkylation sites (N-methyl/N-ethyl adjacent to an activating group) is 1. The average Bonchev–Trinajstić information content (AvgIpc) is 2.67. The third-order valence-electron chi connectivity index (χ3n) is 4.60. The van der Waals surface area contributed by atoms with E-state index in [1.807, 2.05) is 12.1 Å². The Labute approximate surface area is 152 Å². The van der Waals surface area contributed by atoms with Crippen LogP contribution < -0.4 is 10.5 Å². The van der Waals surface area contributed by atoms with Gasteiger partial charge in [-0.15, -0.1) is 0 Å². The third kappa shape index (κ3) is 3.50. The minimum absolute atomic E-state index is 0.292. The average molecular weight is 347 g/mol. The predicted octanol–water partition coefficient (Wildman–Crippen LogP) is 2.69. The fraction of sp³-hybridized carbons (Fsp3) is 0.250. The Morgan fingerprint density at radius 1 is 1.15 bits per heavy atom. The maximum atomic E-state index is 5.94. The zero-order chi connectivity index (χ0) is 17.9. The van der Waals surface area contributed by atoms with Gasteiger partial charge in [0.2, 0.25) is 0 Å². The van der Waals surface area contributed by atoms with Crippen LogP contribution in [0.2, 0.25) is 0 Å². The summed E-state index contributed by atoms with van der Waals surface area (Å²) in [7, 11) is 2.14. The van der Waals surface area contributed by atoms with E-state index in [1.54, 1.807) is 18.6 Å². The lowest BCUT2D eigenvalue weighted by Crippen LogP contribution is -2.26. The van der Waals surface area contributed by atoms with E-state index in [9.17, 15) is 0 Å². The molecule has 3 aromatic rings. The normalized spacial score (nSPS) is 14.0. The van der Waals surface area contributed by atoms with Crippen molar-refractivity contribution in [1.29, 1.82) is 0 Å². The van der Waals surface area contributed by atoms with Crippen LogP contribution in [0.15, 0.2) is 48.9 Å². The number of anilines is 1. The van der Waals surface area contributed by atoms with Gasteiger partial charge in [-0.2, -0.15) is 0 Å². The molecule has 0 spiro atoms. The van der Waals surface area contributed by atoms with Gasteiger partial charge < -0.3 is 15.4 Å². The molecule has 1 aliphatic heterocycles. The van der Waals surface area contributed by atoms with Crippen molar-refractivity contribution in [3.63, 3.8) is 0 Å². The number of nitrogen functional groups attached to an aromatic ring is 1. The first-order chi connectivity index (χ1) is 12.7. The Hall–Kier alpha value is -2.99. The van der Waals surface area contributed by atoms with Gasteiger partial charge in [-0.1, -0.05) is 12.1 Å². The molecule has 1 aromatic carbocycles. The van der Waals surface area contributed by atoms with Gasteiger partial charge >= 0.3 is 0 Å². The molecule has 0 radical (unpaired) electrons. The molecule has 6 nitrogen and oxygen atoms in total. The van der Waals surface area contributed by atoms with Crippen molar-refractivity contribution in [2.45, 2.75) is 19.6 Å². The van der Waals surface area contributed by atoms with Gasteiger partial charge in [0.05, 0.1) is 11.9 Å². The van der Waals surface area contributed by atoms with E-state index < -0.39 is 0 Å². The summed E-state index contributed by atoms with van der Waals surface area (Å²) >= 11 is 0. The van der Waals surface area contributed by atoms with Gasteiger partial charge in [-0.25, -0.2) is 9.97 Å². The molecule has 1 aliphatic rings. The van der Waals surface area contributed by atoms with Crippen molar-refractivity contribution in [3.8, 4) is 17.1 Å². The number of hydrogen-bond donors (Lipinski definition) is 1. The summed E-state index contributed by atoms with van der Waals surface area (Å²) in [6.45, 7) is 2.43. The molecule has 26 heavy (non-hydrogen) atoms. The van der Waals surface area contributed by atoms with Crippen molar-refractivity contribution < 1.29 is 4.74 Å². The molecular formula is C20H21N5O. The fourth-order valence-corrected chi connectivity index (χ4v) is 3.11. The molecular weight excluding hydrogens is 326 g/mol. The van der Waals surface area contributed by atoms with Gasteiger partial charge in [-0.05, 0) is 48.4 Å². The van der Waals surface area contributed by atoms with E-state index in [2.05, 4.69) is 45.1 Å². The highest BCUT2D eigenvalue weighted by Crippen LogP contribution is 2.27. The van der Waals surface area contributed by atoms with E-state index >= 15 is 0 Å². The van der Waals surface area contributed by atoms with Crippen LogP contribution in [0.4, 0.5) is 5.82 Å². The molecule has 0 saturated heterocycles. The van der Waals surface area contributed by atoms with Crippen molar-refractivity contribution in [2.75, 3.05) is 19.3 Å². The second-order valence-electron chi connectivity index (χ2n) is 6.56. The Morgan fingerprint density at radius 2 is 2.00 bits per heavy atom. The lowest BCUT2D eigenvalue weighted by Gasteiger charge is -2.25. The Balaban J connectivity index is 1.58. The molecule has 0 aliphatic carbocycles. The molecule has 0 bridgehead atoms. The number of fused-ring (bicyclic) bond motifs is 1. The SMILES string of the molecule is CN1CCc2ccc(-c3cnc(N)c(OCc4ccncc4)n3)cc2C1. The molecule has 132 valence electrons. The largest absolute Gasteiger partial charge is 0.470 e. The summed E-state index contributed by atoms with van der Waals surface area (Å²) in [6, 6.07) is 10.3. The first-order valence-electron chi connectivity index (χ1n) is 8.64. The second-order valence-corrected chi connectivity index (χ2v) is 6.56. The zero-order valence-corrected chi connectivity index (χ0v) is 14.7. The molecule has 2 aromatic heterocycles. The van der Waals surface area contributed by atoms with Gasteiger partial charge in [0.15, 0.2) is 5.82 Å². The van der Waals surface area contributed by atoms with E-state index in [0.29, 0.717) is 18.3 Å². The molecule has 6 heteroatoms. The molecule has 3 heterocycles. The lowest BCUT2D eigenvalue weighted by molar-refractivity contribution is 0.295. The van der Waals surface area contributed by atoms with Gasteiger partial charge in [0.1, 0.15) is 6.61 Å². The smallest absolute Gasteiger partial charge is 0.258 e. The minimum Gasteiger partial charge on any atom is -0.470 e. The number of hydrogen-bond acceptors (Lipinski definition) is 6. The van der Waals surface area contributed by atoms with Crippen molar-refractivity contribution in [1.82, 2.24) is 19.9 Å². The fourth-order valence-electron chi connectivity index (χ4n) is 3.11. The Kier molecular flexibility index (Phi) is 4.50. The molecule has 0 atom stereocenters. The molecule has 4 rings (SSSR count). The van der Waals surface area contributed by atoms with Crippen molar-refractivity contribution in [2.24, 2.45) is 0 Å². The van der Waals surface area contributed by atoms with E-state index in [4.69, 9.17) is 10.5 Å². The van der Waals surface area contributed by atoms with Gasteiger partial charge in [-0.3, -0.25) is 4.98 Å². The summed E-state index contributed by atoms with van der Waals surface area (Å²) in [5, 5.41) is 0. The zero-order valence-electron chi connectivity index (χ0n) is 14.7. The van der Waals surface area contributed by atoms with Crippen LogP contribution >= 0.6 is 0 Å². The summed E-state index contributed by atoms with van der Waals surface area (Å²) in [5.74, 6) is 0.648. The van der Waals surface area contributed by atoms with Crippen LogP contribution in [-0.4, -0.2) is 33.4 Å². The maximum Gasteiger partial charge on any atom is 0.258 e. The summed E-state index contributed by atoms with van der Waals surface area (Å²) in [4.78, 5) is 15.2. The van der Waals surface area contributed by atoms with Crippen LogP contribution in [0.5, 0.6) is 5.88 Å². The number of rotatable bonds is 4. The van der Waals surface area contributed by atoms with Crippen LogP contribution in [0.1, 0.15) is 16.7 Å². The van der Waals surface area contributed by atoms with Crippen molar-refractivity contribution >= 4 is 5.82 Å². The Morgan fingerprint density at radius 3 is 2.85 bits per heavy atom. The molecule has 0 fully saturated rings. The standard InChI is InChI=1S/C20H21N5O/c1-25-9-6-15-2-3-16(10-17(15)12-25)18-11-23-19(21)20(24-18)26-13-14-4-7-22-8-5-14/h2-5,7-8,10-11H,6,9,12-13H2,1H3,(H2,21,23). The Bertz CT molecular complexity index is 913. The molecule has 0 saturated carbocycles. The summed E-state index contributed by atoms with van der Waals surface area (Å²) in [5.41, 5.74) is 11.5. The number of pyridine rings is 1. The van der Waals surface area contributed by atoms with Gasteiger partial charge in [0.25, 0.3) is 5.88 Å². The highest BCUT2D eigenvalue weighted by molar-refractivity contribution is 5.62. The number of benzene rings is 1. The monoisotopic (exact) mass is 347 g/mol. The summed E-state index contributed by atoms with van der Waals surface area (Å²) in [6.07, 6.45) is 6.24. The lowest BCUT2D eigenvalue weighted by atomic mass is 9.97. The predicted molar refractivity (Wildman–Crippen MR) is 100 cm³/mol. The van der Waals surface area contributed by atoms with Crippen LogP contribution in [-0.2, 0) is 19.6 Å². The van der Waals surface area contributed by atoms with Crippen LogP contribution in [0.25, 0.3) is 11.3 Å². The number of ether oxygens (including phenoxy) is 1. The third-order valence-corrected chi connectivity index (χ3v) is 4.60. The first-order valence-corrected chi connectivity index (χ1v) is 8.64. The van der Waals surface area contributed by atoms with E-state index in [0.717, 1.165) is 36.3 Å². The minimum atomic E-state index is 0.292. The van der Waals surface area contributed by atoms with Crippen molar-refractivity contribution in [3.05, 3.63) is 65.6 Å². The first kappa shape index (κ1) is 16.5. The van der Waals surface area contributed by atoms with E-state index in [1.165, 1.54) is 11.1 Å². The quantitative estimate of drug-likeness (QED) is 0.782. The maximum absolute atomic E-state index is 5.94. The number of nitrogens with two attached hydrogens (primary N) is 1. The summed E-state index contributed by atoms with van der Waals surface area (Å²) < 4.78 is 5.78. The van der Waals surface area contributed by atoms with E-state index in [-0.39, 0.29) is 0 Å². The number of aromatic nitrogens is 3.